The Hall–Kier alpha value is -3.71. The lowest BCUT2D eigenvalue weighted by atomic mass is 10.1. The van der Waals surface area contributed by atoms with E-state index in [9.17, 15) is 8.42 Å². The van der Waals surface area contributed by atoms with Crippen molar-refractivity contribution in [3.63, 3.8) is 0 Å². The molecule has 1 aliphatic rings. The lowest BCUT2D eigenvalue weighted by Gasteiger charge is -2.21. The quantitative estimate of drug-likeness (QED) is 0.327. The van der Waals surface area contributed by atoms with Crippen molar-refractivity contribution in [1.29, 1.82) is 0 Å². The van der Waals surface area contributed by atoms with Crippen LogP contribution in [0.4, 0.5) is 5.95 Å². The van der Waals surface area contributed by atoms with Gasteiger partial charge in [-0.1, -0.05) is 24.6 Å². The molecule has 1 aromatic carbocycles. The van der Waals surface area contributed by atoms with Crippen LogP contribution in [0.5, 0.6) is 11.5 Å². The minimum absolute atomic E-state index is 0.0168. The third kappa shape index (κ3) is 4.56. The number of hydrogen-bond acceptors (Lipinski definition) is 9. The molecule has 4 heterocycles. The van der Waals surface area contributed by atoms with Crippen LogP contribution < -0.4 is 14.2 Å². The second-order valence-corrected chi connectivity index (χ2v) is 11.4. The number of halogens is 1. The Morgan fingerprint density at radius 2 is 1.74 bits per heavy atom. The summed E-state index contributed by atoms with van der Waals surface area (Å²) in [5.41, 5.74) is 2.21. The number of aromatic nitrogens is 7. The van der Waals surface area contributed by atoms with Gasteiger partial charge in [-0.15, -0.1) is 10.2 Å². The van der Waals surface area contributed by atoms with Crippen LogP contribution in [-0.4, -0.2) is 62.4 Å². The van der Waals surface area contributed by atoms with Crippen molar-refractivity contribution in [1.82, 2.24) is 34.5 Å². The van der Waals surface area contributed by atoms with Gasteiger partial charge >= 0.3 is 0 Å². The molecular formula is C24H27ClN8O4S. The number of methoxy groups -OCH3 is 2. The van der Waals surface area contributed by atoms with Crippen molar-refractivity contribution in [2.45, 2.75) is 44.4 Å². The van der Waals surface area contributed by atoms with Gasteiger partial charge in [0.15, 0.2) is 5.82 Å². The minimum Gasteiger partial charge on any atom is -0.494 e. The van der Waals surface area contributed by atoms with Gasteiger partial charge in [-0.05, 0) is 31.9 Å². The molecule has 1 aliphatic heterocycles. The van der Waals surface area contributed by atoms with Crippen LogP contribution >= 0.6 is 11.6 Å². The largest absolute Gasteiger partial charge is 0.494 e. The summed E-state index contributed by atoms with van der Waals surface area (Å²) < 4.78 is 44.6. The van der Waals surface area contributed by atoms with Crippen molar-refractivity contribution in [2.24, 2.45) is 0 Å². The first-order valence-corrected chi connectivity index (χ1v) is 13.9. The fourth-order valence-electron chi connectivity index (χ4n) is 4.50. The van der Waals surface area contributed by atoms with E-state index in [2.05, 4.69) is 30.0 Å². The molecule has 5 rings (SSSR count). The maximum absolute atomic E-state index is 13.6. The summed E-state index contributed by atoms with van der Waals surface area (Å²) in [6.07, 6.45) is 6.38. The van der Waals surface area contributed by atoms with Crippen LogP contribution in [0, 0.1) is 0 Å². The van der Waals surface area contributed by atoms with Crippen LogP contribution in [0.3, 0.4) is 0 Å². The average Bonchev–Trinajstić information content (AvgIpc) is 3.64. The minimum atomic E-state index is -4.00. The van der Waals surface area contributed by atoms with Crippen molar-refractivity contribution in [2.75, 3.05) is 18.9 Å². The Labute approximate surface area is 225 Å². The molecule has 0 radical (unpaired) electrons. The number of anilines is 1. The predicted molar refractivity (Wildman–Crippen MR) is 141 cm³/mol. The molecule has 0 bridgehead atoms. The van der Waals surface area contributed by atoms with Crippen LogP contribution in [0.15, 0.2) is 36.8 Å². The number of fused-ring (bicyclic) bond motifs is 1. The summed E-state index contributed by atoms with van der Waals surface area (Å²) in [6.45, 7) is 4.13. The highest BCUT2D eigenvalue weighted by Gasteiger charge is 2.33. The second-order valence-electron chi connectivity index (χ2n) is 8.93. The number of aryl methyl sites for hydroxylation is 1. The Morgan fingerprint density at radius 1 is 1.05 bits per heavy atom. The van der Waals surface area contributed by atoms with Gasteiger partial charge in [-0.25, -0.2) is 18.4 Å². The molecule has 0 unspecified atom stereocenters. The number of benzene rings is 1. The highest BCUT2D eigenvalue weighted by molar-refractivity contribution is 7.93. The fraction of sp³-hybridized carbons (Fsp3) is 0.375. The van der Waals surface area contributed by atoms with Crippen molar-refractivity contribution in [3.05, 3.63) is 53.3 Å². The van der Waals surface area contributed by atoms with Crippen molar-refractivity contribution >= 4 is 27.6 Å². The van der Waals surface area contributed by atoms with Gasteiger partial charge in [0, 0.05) is 30.6 Å². The van der Waals surface area contributed by atoms with Crippen LogP contribution in [0.1, 0.15) is 37.7 Å². The van der Waals surface area contributed by atoms with E-state index in [1.54, 1.807) is 42.8 Å². The van der Waals surface area contributed by atoms with Gasteiger partial charge in [-0.3, -0.25) is 14.0 Å². The summed E-state index contributed by atoms with van der Waals surface area (Å²) in [5, 5.41) is 12.6. The smallest absolute Gasteiger partial charge is 0.243 e. The van der Waals surface area contributed by atoms with Crippen LogP contribution in [-0.2, 0) is 23.0 Å². The first kappa shape index (κ1) is 25.9. The van der Waals surface area contributed by atoms with Gasteiger partial charge < -0.3 is 9.47 Å². The third-order valence-electron chi connectivity index (χ3n) is 6.74. The Balaban J connectivity index is 1.62. The molecule has 38 heavy (non-hydrogen) atoms. The summed E-state index contributed by atoms with van der Waals surface area (Å²) in [6, 6.07) is 5.29. The van der Waals surface area contributed by atoms with E-state index in [0.717, 1.165) is 30.6 Å². The molecular weight excluding hydrogens is 532 g/mol. The summed E-state index contributed by atoms with van der Waals surface area (Å²) in [5.74, 6) is 1.11. The highest BCUT2D eigenvalue weighted by Crippen LogP contribution is 2.39. The van der Waals surface area contributed by atoms with Gasteiger partial charge in [0.1, 0.15) is 23.0 Å². The third-order valence-corrected chi connectivity index (χ3v) is 8.79. The molecule has 0 saturated heterocycles. The molecule has 4 aromatic rings. The Kier molecular flexibility index (Phi) is 6.97. The molecule has 3 aromatic heterocycles. The summed E-state index contributed by atoms with van der Waals surface area (Å²) in [7, 11) is -0.941. The first-order valence-electron chi connectivity index (χ1n) is 12.0. The predicted octanol–water partition coefficient (Wildman–Crippen LogP) is 3.47. The van der Waals surface area contributed by atoms with E-state index >= 15 is 0 Å². The molecule has 0 amide bonds. The Bertz CT molecular complexity index is 1550. The molecule has 14 heteroatoms. The molecule has 12 nitrogen and oxygen atoms in total. The maximum atomic E-state index is 13.6. The highest BCUT2D eigenvalue weighted by atomic mass is 35.5. The topological polar surface area (TPSA) is 139 Å². The first-order chi connectivity index (χ1) is 18.2. The molecule has 0 aliphatic carbocycles. The molecule has 0 saturated carbocycles. The van der Waals surface area contributed by atoms with Crippen molar-refractivity contribution < 1.29 is 17.9 Å². The zero-order valence-electron chi connectivity index (χ0n) is 21.3. The molecule has 0 fully saturated rings. The zero-order valence-corrected chi connectivity index (χ0v) is 22.9. The lowest BCUT2D eigenvalue weighted by molar-refractivity contribution is 0.391. The van der Waals surface area contributed by atoms with Crippen molar-refractivity contribution in [3.8, 4) is 28.6 Å². The molecule has 200 valence electrons. The maximum Gasteiger partial charge on any atom is 0.243 e. The SMILES string of the molecule is COc1cccc(OC)c1-n1c(NS(=O)(=O)[C@@H](C)[C@H](C)c2ncc(Cl)cn2)nnc1-c1cnn2c1CCC2. The number of nitrogens with zero attached hydrogens (tertiary/aromatic N) is 7. The lowest BCUT2D eigenvalue weighted by Crippen LogP contribution is -2.31. The van der Waals surface area contributed by atoms with E-state index in [0.29, 0.717) is 33.9 Å². The van der Waals surface area contributed by atoms with E-state index in [4.69, 9.17) is 21.1 Å². The van der Waals surface area contributed by atoms with Crippen LogP contribution in [0.25, 0.3) is 17.1 Å². The number of para-hydroxylation sites is 1. The van der Waals surface area contributed by atoms with Gasteiger partial charge in [0.05, 0.1) is 36.3 Å². The normalized spacial score (nSPS) is 14.7. The van der Waals surface area contributed by atoms with Gasteiger partial charge in [-0.2, -0.15) is 5.10 Å². The van der Waals surface area contributed by atoms with E-state index in [1.165, 1.54) is 26.6 Å². The van der Waals surface area contributed by atoms with Gasteiger partial charge in [0.25, 0.3) is 0 Å². The van der Waals surface area contributed by atoms with E-state index < -0.39 is 21.2 Å². The molecule has 0 spiro atoms. The van der Waals surface area contributed by atoms with E-state index in [1.807, 2.05) is 4.68 Å². The molecule has 1 N–H and O–H groups in total. The van der Waals surface area contributed by atoms with E-state index in [-0.39, 0.29) is 5.95 Å². The number of sulfonamides is 1. The number of hydrogen-bond donors (Lipinski definition) is 1. The Morgan fingerprint density at radius 3 is 2.39 bits per heavy atom. The number of rotatable bonds is 9. The molecule has 2 atom stereocenters. The van der Waals surface area contributed by atoms with Crippen LogP contribution in [0.2, 0.25) is 5.02 Å². The number of ether oxygens (including phenoxy) is 2. The second kappa shape index (κ2) is 10.2. The summed E-state index contributed by atoms with van der Waals surface area (Å²) in [4.78, 5) is 8.38. The standard InChI is InChI=1S/C24H27ClN8O4S/c1-14(22-26-11-16(25)12-27-22)15(2)38(34,35)31-24-30-29-23(17-13-28-32-10-6-7-18(17)32)33(24)21-19(36-3)8-5-9-20(21)37-4/h5,8-9,11-15H,6-7,10H2,1-4H3,(H,30,31)/t14-,15-/m0/s1. The monoisotopic (exact) mass is 558 g/mol. The average molecular weight is 559 g/mol. The summed E-state index contributed by atoms with van der Waals surface area (Å²) >= 11 is 5.90. The fourth-order valence-corrected chi connectivity index (χ4v) is 5.82. The zero-order chi connectivity index (χ0) is 27.0. The van der Waals surface area contributed by atoms with Gasteiger partial charge in [0.2, 0.25) is 16.0 Å². The number of nitrogens with one attached hydrogen (secondary N) is 1.